The van der Waals surface area contributed by atoms with Gasteiger partial charge in [-0.3, -0.25) is 4.79 Å². The molecule has 2 heterocycles. The summed E-state index contributed by atoms with van der Waals surface area (Å²) in [4.78, 5) is 21.7. The van der Waals surface area contributed by atoms with E-state index in [9.17, 15) is 4.79 Å². The summed E-state index contributed by atoms with van der Waals surface area (Å²) < 4.78 is 0. The maximum absolute atomic E-state index is 12.6. The number of nitrogens with zero attached hydrogens (tertiary/aromatic N) is 3. The summed E-state index contributed by atoms with van der Waals surface area (Å²) in [6.45, 7) is 4.47. The molecule has 2 fully saturated rings. The minimum atomic E-state index is 0.0301. The molecule has 2 aliphatic rings. The highest BCUT2D eigenvalue weighted by Crippen LogP contribution is 2.34. The number of nitrogen functional groups attached to an aromatic ring is 1. The van der Waals surface area contributed by atoms with Gasteiger partial charge in [0.1, 0.15) is 10.7 Å². The molecule has 6 nitrogen and oxygen atoms in total. The molecule has 116 valence electrons. The van der Waals surface area contributed by atoms with Crippen molar-refractivity contribution >= 4 is 28.2 Å². The smallest absolute Gasteiger partial charge is 0.268 e. The first kappa shape index (κ1) is 14.6. The predicted octanol–water partition coefficient (Wildman–Crippen LogP) is 1.28. The summed E-state index contributed by atoms with van der Waals surface area (Å²) >= 11 is 1.41. The summed E-state index contributed by atoms with van der Waals surface area (Å²) in [5.74, 6) is 0.390. The molecule has 0 radical (unpaired) electrons. The fraction of sp³-hybridized carbons (Fsp3) is 0.714. The van der Waals surface area contributed by atoms with Crippen LogP contribution in [0.2, 0.25) is 0 Å². The van der Waals surface area contributed by atoms with Crippen LogP contribution in [0, 0.1) is 0 Å². The van der Waals surface area contributed by atoms with Gasteiger partial charge in [0.05, 0.1) is 0 Å². The Morgan fingerprint density at radius 1 is 1.48 bits per heavy atom. The maximum atomic E-state index is 12.6. The molecule has 3 rings (SSSR count). The Bertz CT molecular complexity index is 527. The van der Waals surface area contributed by atoms with Crippen LogP contribution in [0.15, 0.2) is 0 Å². The van der Waals surface area contributed by atoms with Crippen molar-refractivity contribution in [3.05, 3.63) is 4.88 Å². The van der Waals surface area contributed by atoms with Crippen LogP contribution in [0.3, 0.4) is 0 Å². The lowest BCUT2D eigenvalue weighted by Crippen LogP contribution is -2.42. The van der Waals surface area contributed by atoms with Gasteiger partial charge in [0.15, 0.2) is 5.13 Å². The van der Waals surface area contributed by atoms with Crippen LogP contribution in [0.1, 0.15) is 42.3 Å². The molecule has 1 saturated heterocycles. The average molecular weight is 309 g/mol. The Morgan fingerprint density at radius 3 is 2.86 bits per heavy atom. The molecule has 0 spiro atoms. The van der Waals surface area contributed by atoms with Gasteiger partial charge in [0, 0.05) is 31.7 Å². The van der Waals surface area contributed by atoms with E-state index in [2.05, 4.69) is 9.88 Å². The number of thiazole rings is 1. The first-order chi connectivity index (χ1) is 10.1. The Balaban J connectivity index is 1.78. The van der Waals surface area contributed by atoms with E-state index in [-0.39, 0.29) is 11.9 Å². The first-order valence-electron chi connectivity index (χ1n) is 7.68. The van der Waals surface area contributed by atoms with Crippen LogP contribution in [-0.2, 0) is 0 Å². The molecule has 1 unspecified atom stereocenters. The van der Waals surface area contributed by atoms with Gasteiger partial charge in [-0.2, -0.15) is 0 Å². The number of nitrogens with two attached hydrogens (primary N) is 2. The number of carbonyl (C=O) groups excluding carboxylic acids is 1. The molecule has 0 bridgehead atoms. The second-order valence-corrected chi connectivity index (χ2v) is 6.86. The highest BCUT2D eigenvalue weighted by Gasteiger charge is 2.34. The summed E-state index contributed by atoms with van der Waals surface area (Å²) in [7, 11) is 0. The lowest BCUT2D eigenvalue weighted by atomic mass is 10.1. The molecule has 1 aliphatic heterocycles. The largest absolute Gasteiger partial charge is 0.382 e. The minimum Gasteiger partial charge on any atom is -0.382 e. The van der Waals surface area contributed by atoms with Crippen molar-refractivity contribution in [1.82, 2.24) is 9.88 Å². The number of aromatic nitrogens is 1. The van der Waals surface area contributed by atoms with Crippen LogP contribution in [0.5, 0.6) is 0 Å². The highest BCUT2D eigenvalue weighted by atomic mass is 32.1. The van der Waals surface area contributed by atoms with E-state index in [1.807, 2.05) is 11.8 Å². The van der Waals surface area contributed by atoms with Crippen LogP contribution in [-0.4, -0.2) is 47.5 Å². The quantitative estimate of drug-likeness (QED) is 0.874. The van der Waals surface area contributed by atoms with Crippen molar-refractivity contribution in [1.29, 1.82) is 0 Å². The molecule has 1 saturated carbocycles. The molecular formula is C14H23N5OS. The van der Waals surface area contributed by atoms with Crippen molar-refractivity contribution in [2.75, 3.05) is 30.3 Å². The molecule has 1 aromatic heterocycles. The zero-order valence-corrected chi connectivity index (χ0v) is 13.2. The van der Waals surface area contributed by atoms with Crippen molar-refractivity contribution in [2.45, 2.75) is 44.7 Å². The third kappa shape index (κ3) is 2.98. The van der Waals surface area contributed by atoms with Gasteiger partial charge in [0.25, 0.3) is 5.91 Å². The number of hydrogen-bond donors (Lipinski definition) is 2. The van der Waals surface area contributed by atoms with Crippen molar-refractivity contribution in [3.8, 4) is 0 Å². The van der Waals surface area contributed by atoms with Gasteiger partial charge in [-0.15, -0.1) is 0 Å². The third-order valence-corrected chi connectivity index (χ3v) is 5.27. The Kier molecular flexibility index (Phi) is 4.03. The molecular weight excluding hydrogens is 286 g/mol. The number of amides is 1. The molecule has 1 amide bonds. The van der Waals surface area contributed by atoms with Gasteiger partial charge in [-0.05, 0) is 32.6 Å². The molecule has 1 aliphatic carbocycles. The van der Waals surface area contributed by atoms with Crippen molar-refractivity contribution in [2.24, 2.45) is 5.73 Å². The molecule has 1 aromatic rings. The van der Waals surface area contributed by atoms with Crippen LogP contribution in [0.4, 0.5) is 10.9 Å². The Labute approximate surface area is 129 Å². The van der Waals surface area contributed by atoms with Crippen molar-refractivity contribution in [3.63, 3.8) is 0 Å². The number of hydrogen-bond acceptors (Lipinski definition) is 6. The number of piperidine rings is 1. The van der Waals surface area contributed by atoms with E-state index in [4.69, 9.17) is 11.5 Å². The lowest BCUT2D eigenvalue weighted by molar-refractivity contribution is 0.0758. The lowest BCUT2D eigenvalue weighted by Gasteiger charge is -2.30. The SMILES string of the molecule is CCN(C(=O)c1sc(N2CCCC(N)C2)nc1N)C1CC1. The summed E-state index contributed by atoms with van der Waals surface area (Å²) in [6.07, 6.45) is 4.32. The van der Waals surface area contributed by atoms with Crippen LogP contribution in [0.25, 0.3) is 0 Å². The third-order valence-electron chi connectivity index (χ3n) is 4.15. The fourth-order valence-corrected chi connectivity index (χ4v) is 3.85. The number of carbonyl (C=O) groups is 1. The molecule has 7 heteroatoms. The van der Waals surface area contributed by atoms with E-state index in [0.29, 0.717) is 16.7 Å². The highest BCUT2D eigenvalue weighted by molar-refractivity contribution is 7.18. The van der Waals surface area contributed by atoms with E-state index in [1.54, 1.807) is 0 Å². The average Bonchev–Trinajstić information content (AvgIpc) is 3.21. The molecule has 4 N–H and O–H groups in total. The first-order valence-corrected chi connectivity index (χ1v) is 8.49. The number of anilines is 2. The van der Waals surface area contributed by atoms with Gasteiger partial charge >= 0.3 is 0 Å². The van der Waals surface area contributed by atoms with Gasteiger partial charge in [0.2, 0.25) is 0 Å². The van der Waals surface area contributed by atoms with E-state index < -0.39 is 0 Å². The van der Waals surface area contributed by atoms with Crippen molar-refractivity contribution < 1.29 is 4.79 Å². The zero-order valence-electron chi connectivity index (χ0n) is 12.4. The standard InChI is InChI=1S/C14H23N5OS/c1-2-19(10-5-6-10)13(20)11-12(16)17-14(21-11)18-7-3-4-9(15)8-18/h9-10H,2-8,15-16H2,1H3. The second-order valence-electron chi connectivity index (χ2n) is 5.88. The summed E-state index contributed by atoms with van der Waals surface area (Å²) in [6, 6.07) is 0.581. The van der Waals surface area contributed by atoms with E-state index >= 15 is 0 Å². The normalized spacial score (nSPS) is 22.4. The van der Waals surface area contributed by atoms with Crippen LogP contribution < -0.4 is 16.4 Å². The molecule has 21 heavy (non-hydrogen) atoms. The molecule has 0 aromatic carbocycles. The van der Waals surface area contributed by atoms with Gasteiger partial charge in [-0.1, -0.05) is 11.3 Å². The summed E-state index contributed by atoms with van der Waals surface area (Å²) in [5.41, 5.74) is 12.0. The van der Waals surface area contributed by atoms with Gasteiger partial charge < -0.3 is 21.3 Å². The Hall–Kier alpha value is -1.34. The zero-order chi connectivity index (χ0) is 15.0. The van der Waals surface area contributed by atoms with E-state index in [1.165, 1.54) is 11.3 Å². The second kappa shape index (κ2) is 5.81. The van der Waals surface area contributed by atoms with Gasteiger partial charge in [-0.25, -0.2) is 4.98 Å². The number of rotatable bonds is 4. The van der Waals surface area contributed by atoms with Crippen LogP contribution >= 0.6 is 11.3 Å². The Morgan fingerprint density at radius 2 is 2.24 bits per heavy atom. The predicted molar refractivity (Wildman–Crippen MR) is 85.7 cm³/mol. The van der Waals surface area contributed by atoms with E-state index in [0.717, 1.165) is 50.4 Å². The topological polar surface area (TPSA) is 88.5 Å². The maximum Gasteiger partial charge on any atom is 0.268 e. The fourth-order valence-electron chi connectivity index (χ4n) is 2.88. The molecule has 1 atom stereocenters. The summed E-state index contributed by atoms with van der Waals surface area (Å²) in [5, 5.41) is 0.831. The monoisotopic (exact) mass is 309 g/mol. The minimum absolute atomic E-state index is 0.0301.